The van der Waals surface area contributed by atoms with Crippen LogP contribution in [0, 0.1) is 5.92 Å². The fourth-order valence-electron chi connectivity index (χ4n) is 3.19. The van der Waals surface area contributed by atoms with E-state index in [0.29, 0.717) is 45.3 Å². The van der Waals surface area contributed by atoms with Crippen molar-refractivity contribution in [2.24, 2.45) is 5.92 Å². The molecule has 8 heteroatoms. The number of nitrogens with zero attached hydrogens (tertiary/aromatic N) is 3. The van der Waals surface area contributed by atoms with Crippen molar-refractivity contribution < 1.29 is 4.79 Å². The van der Waals surface area contributed by atoms with E-state index in [1.54, 1.807) is 29.3 Å². The highest BCUT2D eigenvalue weighted by Crippen LogP contribution is 2.33. The Morgan fingerprint density at radius 3 is 2.77 bits per heavy atom. The number of aromatic nitrogens is 2. The maximum absolute atomic E-state index is 13.2. The summed E-state index contributed by atoms with van der Waals surface area (Å²) in [5, 5.41) is 3.27. The third kappa shape index (κ3) is 5.10. The summed E-state index contributed by atoms with van der Waals surface area (Å²) in [5.41, 5.74) is 0.736. The lowest BCUT2D eigenvalue weighted by molar-refractivity contribution is -0.122. The summed E-state index contributed by atoms with van der Waals surface area (Å²) in [6.07, 6.45) is 7.62. The van der Waals surface area contributed by atoms with Gasteiger partial charge in [-0.15, -0.1) is 0 Å². The van der Waals surface area contributed by atoms with E-state index in [4.69, 9.17) is 12.2 Å². The number of anilines is 1. The zero-order chi connectivity index (χ0) is 21.7. The van der Waals surface area contributed by atoms with Crippen LogP contribution in [-0.2, 0) is 4.79 Å². The van der Waals surface area contributed by atoms with Gasteiger partial charge >= 0.3 is 0 Å². The van der Waals surface area contributed by atoms with E-state index in [9.17, 15) is 9.59 Å². The second kappa shape index (κ2) is 10.2. The van der Waals surface area contributed by atoms with Gasteiger partial charge in [-0.05, 0) is 30.5 Å². The van der Waals surface area contributed by atoms with E-state index < -0.39 is 0 Å². The molecule has 0 aliphatic carbocycles. The minimum atomic E-state index is -0.208. The van der Waals surface area contributed by atoms with Gasteiger partial charge in [0.2, 0.25) is 0 Å². The fourth-order valence-corrected chi connectivity index (χ4v) is 4.48. The fraction of sp³-hybridized carbons (Fsp3) is 0.455. The molecule has 1 aliphatic rings. The summed E-state index contributed by atoms with van der Waals surface area (Å²) < 4.78 is 2.05. The third-order valence-electron chi connectivity index (χ3n) is 4.83. The van der Waals surface area contributed by atoms with Gasteiger partial charge in [-0.2, -0.15) is 0 Å². The Morgan fingerprint density at radius 1 is 1.23 bits per heavy atom. The lowest BCUT2D eigenvalue weighted by Gasteiger charge is -2.14. The van der Waals surface area contributed by atoms with E-state index in [1.807, 2.05) is 6.07 Å². The predicted octanol–water partition coefficient (Wildman–Crippen LogP) is 4.54. The molecule has 0 aromatic carbocycles. The molecule has 6 nitrogen and oxygen atoms in total. The van der Waals surface area contributed by atoms with Crippen molar-refractivity contribution in [3.8, 4) is 0 Å². The van der Waals surface area contributed by atoms with Gasteiger partial charge in [0.15, 0.2) is 0 Å². The average Bonchev–Trinajstić information content (AvgIpc) is 2.99. The molecule has 0 bridgehead atoms. The smallest absolute Gasteiger partial charge is 0.267 e. The molecule has 160 valence electrons. The van der Waals surface area contributed by atoms with Crippen LogP contribution in [0.15, 0.2) is 34.1 Å². The molecule has 2 aromatic rings. The molecule has 2 aromatic heterocycles. The van der Waals surface area contributed by atoms with Gasteiger partial charge in [-0.1, -0.05) is 70.1 Å². The average molecular weight is 445 g/mol. The number of carbonyl (C=O) groups is 1. The van der Waals surface area contributed by atoms with Gasteiger partial charge in [-0.25, -0.2) is 4.98 Å². The van der Waals surface area contributed by atoms with Crippen LogP contribution in [0.5, 0.6) is 0 Å². The summed E-state index contributed by atoms with van der Waals surface area (Å²) >= 11 is 6.68. The van der Waals surface area contributed by atoms with Crippen LogP contribution in [0.3, 0.4) is 0 Å². The molecule has 3 heterocycles. The van der Waals surface area contributed by atoms with Crippen LogP contribution in [0.2, 0.25) is 0 Å². The van der Waals surface area contributed by atoms with Gasteiger partial charge in [0.1, 0.15) is 15.8 Å². The van der Waals surface area contributed by atoms with Gasteiger partial charge in [0, 0.05) is 19.3 Å². The van der Waals surface area contributed by atoms with Crippen LogP contribution >= 0.6 is 24.0 Å². The number of hydrogen-bond donors (Lipinski definition) is 1. The van der Waals surface area contributed by atoms with E-state index in [2.05, 4.69) is 31.1 Å². The first-order valence-corrected chi connectivity index (χ1v) is 11.7. The van der Waals surface area contributed by atoms with Crippen LogP contribution in [0.4, 0.5) is 5.82 Å². The van der Waals surface area contributed by atoms with E-state index in [1.165, 1.54) is 16.2 Å². The van der Waals surface area contributed by atoms with E-state index >= 15 is 0 Å². The number of unbranched alkanes of at least 4 members (excludes halogenated alkanes) is 3. The molecule has 1 aliphatic heterocycles. The number of thioether (sulfide) groups is 1. The number of carbonyl (C=O) groups excluding carboxylic acids is 1. The Labute approximate surface area is 186 Å². The molecule has 0 atom stereocenters. The minimum absolute atomic E-state index is 0.131. The number of fused-ring (bicyclic) bond motifs is 1. The van der Waals surface area contributed by atoms with Crippen molar-refractivity contribution in [2.75, 3.05) is 18.4 Å². The number of rotatable bonds is 9. The minimum Gasteiger partial charge on any atom is -0.369 e. The summed E-state index contributed by atoms with van der Waals surface area (Å²) in [6.45, 7) is 7.63. The number of nitrogens with one attached hydrogen (secondary N) is 1. The second-order valence-electron chi connectivity index (χ2n) is 7.78. The highest BCUT2D eigenvalue weighted by atomic mass is 32.2. The van der Waals surface area contributed by atoms with Crippen LogP contribution < -0.4 is 10.9 Å². The lowest BCUT2D eigenvalue weighted by atomic mass is 10.2. The maximum atomic E-state index is 13.2. The molecule has 1 saturated heterocycles. The number of amides is 1. The summed E-state index contributed by atoms with van der Waals surface area (Å²) in [6, 6.07) is 5.43. The molecule has 0 radical (unpaired) electrons. The zero-order valence-electron chi connectivity index (χ0n) is 17.7. The van der Waals surface area contributed by atoms with Crippen LogP contribution in [0.1, 0.15) is 52.0 Å². The lowest BCUT2D eigenvalue weighted by Crippen LogP contribution is -2.29. The van der Waals surface area contributed by atoms with Crippen molar-refractivity contribution in [2.45, 2.75) is 46.5 Å². The summed E-state index contributed by atoms with van der Waals surface area (Å²) in [5.74, 6) is 0.747. The molecular weight excluding hydrogens is 416 g/mol. The second-order valence-corrected chi connectivity index (χ2v) is 9.45. The Hall–Kier alpha value is -2.19. The SMILES string of the molecule is CCCCCCN1C(=O)/C(=C\c2c(NCC(C)C)nc3ccccn3c2=O)SC1=S. The Kier molecular flexibility index (Phi) is 7.66. The molecule has 1 N–H and O–H groups in total. The molecule has 1 amide bonds. The number of thiocarbonyl (C=S) groups is 1. The van der Waals surface area contributed by atoms with Gasteiger partial charge < -0.3 is 5.32 Å². The molecule has 3 rings (SSSR count). The number of hydrogen-bond acceptors (Lipinski definition) is 6. The standard InChI is InChI=1S/C22H28N4O2S2/c1-4-5-6-8-12-26-21(28)17(30-22(26)29)13-16-19(23-14-15(2)3)24-18-10-7-9-11-25(18)20(16)27/h7,9-11,13,15,23H,4-6,8,12,14H2,1-3H3/b17-13+. The molecule has 0 saturated carbocycles. The van der Waals surface area contributed by atoms with Crippen molar-refractivity contribution in [3.05, 3.63) is 45.2 Å². The molecule has 30 heavy (non-hydrogen) atoms. The van der Waals surface area contributed by atoms with Gasteiger partial charge in [0.25, 0.3) is 11.5 Å². The molecule has 1 fully saturated rings. The first-order valence-electron chi connectivity index (χ1n) is 10.4. The van der Waals surface area contributed by atoms with Crippen LogP contribution in [0.25, 0.3) is 11.7 Å². The van der Waals surface area contributed by atoms with Crippen molar-refractivity contribution in [3.63, 3.8) is 0 Å². The maximum Gasteiger partial charge on any atom is 0.267 e. The zero-order valence-corrected chi connectivity index (χ0v) is 19.3. The quantitative estimate of drug-likeness (QED) is 0.348. The largest absolute Gasteiger partial charge is 0.369 e. The van der Waals surface area contributed by atoms with E-state index in [0.717, 1.165) is 25.7 Å². The Morgan fingerprint density at radius 2 is 2.03 bits per heavy atom. The van der Waals surface area contributed by atoms with Crippen LogP contribution in [-0.4, -0.2) is 37.6 Å². The highest BCUT2D eigenvalue weighted by Gasteiger charge is 2.32. The van der Waals surface area contributed by atoms with Gasteiger partial charge in [-0.3, -0.25) is 18.9 Å². The Bertz CT molecular complexity index is 1030. The van der Waals surface area contributed by atoms with Crippen molar-refractivity contribution >= 4 is 51.7 Å². The summed E-state index contributed by atoms with van der Waals surface area (Å²) in [4.78, 5) is 32.8. The van der Waals surface area contributed by atoms with E-state index in [-0.39, 0.29) is 11.5 Å². The first-order chi connectivity index (χ1) is 14.4. The molecular formula is C22H28N4O2S2. The monoisotopic (exact) mass is 444 g/mol. The Balaban J connectivity index is 1.95. The molecule has 0 spiro atoms. The predicted molar refractivity (Wildman–Crippen MR) is 129 cm³/mol. The normalized spacial score (nSPS) is 15.7. The first kappa shape index (κ1) is 22.5. The van der Waals surface area contributed by atoms with Crippen molar-refractivity contribution in [1.82, 2.24) is 14.3 Å². The topological polar surface area (TPSA) is 66.7 Å². The van der Waals surface area contributed by atoms with Crippen molar-refractivity contribution in [1.29, 1.82) is 0 Å². The highest BCUT2D eigenvalue weighted by molar-refractivity contribution is 8.26. The molecule has 0 unspecified atom stereocenters. The summed E-state index contributed by atoms with van der Waals surface area (Å²) in [7, 11) is 0. The van der Waals surface area contributed by atoms with Gasteiger partial charge in [0.05, 0.1) is 10.5 Å². The third-order valence-corrected chi connectivity index (χ3v) is 6.21. The number of pyridine rings is 1.